The minimum absolute atomic E-state index is 0.0771. The van der Waals surface area contributed by atoms with Crippen LogP contribution < -0.4 is 10.2 Å². The number of hydrogen-bond donors (Lipinski definition) is 1. The smallest absolute Gasteiger partial charge is 0.241 e. The quantitative estimate of drug-likeness (QED) is 0.826. The number of anilines is 2. The van der Waals surface area contributed by atoms with Crippen LogP contribution in [0.1, 0.15) is 43.4 Å². The summed E-state index contributed by atoms with van der Waals surface area (Å²) >= 11 is 0. The minimum Gasteiger partial charge on any atom is -0.369 e. The first-order valence-electron chi connectivity index (χ1n) is 10.3. The number of aryl methyl sites for hydroxylation is 1. The number of nitrogens with zero attached hydrogens (tertiary/aromatic N) is 2. The lowest BCUT2D eigenvalue weighted by Gasteiger charge is -2.39. The third-order valence-corrected chi connectivity index (χ3v) is 6.00. The summed E-state index contributed by atoms with van der Waals surface area (Å²) in [6.07, 6.45) is 0. The maximum absolute atomic E-state index is 12.9. The standard InChI is InChI=1S/C24H33N3O/c1-17(2)21-10-6-7-11-22(21)25-24(28)20(5)26-13-15-27(16-14-26)23-12-8-9-18(3)19(23)4/h6-12,17,20H,13-16H2,1-5H3,(H,25,28)/t20-/m0/s1. The van der Waals surface area contributed by atoms with Crippen LogP contribution in [0, 0.1) is 13.8 Å². The van der Waals surface area contributed by atoms with Crippen molar-refractivity contribution < 1.29 is 4.79 Å². The summed E-state index contributed by atoms with van der Waals surface area (Å²) in [5.74, 6) is 0.459. The minimum atomic E-state index is -0.138. The summed E-state index contributed by atoms with van der Waals surface area (Å²) in [7, 11) is 0. The molecule has 28 heavy (non-hydrogen) atoms. The Morgan fingerprint density at radius 1 is 0.929 bits per heavy atom. The first kappa shape index (κ1) is 20.4. The lowest BCUT2D eigenvalue weighted by molar-refractivity contribution is -0.120. The highest BCUT2D eigenvalue weighted by atomic mass is 16.2. The van der Waals surface area contributed by atoms with E-state index in [-0.39, 0.29) is 11.9 Å². The maximum Gasteiger partial charge on any atom is 0.241 e. The van der Waals surface area contributed by atoms with E-state index in [4.69, 9.17) is 0 Å². The van der Waals surface area contributed by atoms with Crippen molar-refractivity contribution in [2.75, 3.05) is 36.4 Å². The molecular formula is C24H33N3O. The Morgan fingerprint density at radius 3 is 2.29 bits per heavy atom. The van der Waals surface area contributed by atoms with Crippen LogP contribution >= 0.6 is 0 Å². The summed E-state index contributed by atoms with van der Waals surface area (Å²) in [5.41, 5.74) is 6.12. The lowest BCUT2D eigenvalue weighted by atomic mass is 10.0. The highest BCUT2D eigenvalue weighted by Gasteiger charge is 2.26. The topological polar surface area (TPSA) is 35.6 Å². The molecule has 0 spiro atoms. The molecule has 1 aliphatic rings. The number of carbonyl (C=O) groups excluding carboxylic acids is 1. The van der Waals surface area contributed by atoms with Crippen LogP contribution in [0.5, 0.6) is 0 Å². The molecule has 1 saturated heterocycles. The van der Waals surface area contributed by atoms with Crippen molar-refractivity contribution in [3.05, 3.63) is 59.2 Å². The zero-order valence-electron chi connectivity index (χ0n) is 17.8. The molecule has 1 aliphatic heterocycles. The highest BCUT2D eigenvalue weighted by Crippen LogP contribution is 2.26. The van der Waals surface area contributed by atoms with Gasteiger partial charge in [-0.3, -0.25) is 9.69 Å². The van der Waals surface area contributed by atoms with Gasteiger partial charge in [-0.15, -0.1) is 0 Å². The average Bonchev–Trinajstić information content (AvgIpc) is 2.70. The fraction of sp³-hybridized carbons (Fsp3) is 0.458. The number of amides is 1. The van der Waals surface area contributed by atoms with E-state index in [9.17, 15) is 4.79 Å². The van der Waals surface area contributed by atoms with E-state index in [1.54, 1.807) is 0 Å². The Morgan fingerprint density at radius 2 is 1.61 bits per heavy atom. The first-order valence-corrected chi connectivity index (χ1v) is 10.3. The molecule has 1 amide bonds. The van der Waals surface area contributed by atoms with E-state index in [0.717, 1.165) is 31.9 Å². The van der Waals surface area contributed by atoms with Gasteiger partial charge in [-0.1, -0.05) is 44.2 Å². The van der Waals surface area contributed by atoms with E-state index in [1.165, 1.54) is 22.4 Å². The van der Waals surface area contributed by atoms with Crippen LogP contribution in [-0.4, -0.2) is 43.0 Å². The number of rotatable bonds is 5. The fourth-order valence-electron chi connectivity index (χ4n) is 3.95. The molecule has 0 radical (unpaired) electrons. The Labute approximate surface area is 169 Å². The molecule has 0 bridgehead atoms. The maximum atomic E-state index is 12.9. The van der Waals surface area contributed by atoms with Crippen molar-refractivity contribution in [2.45, 2.75) is 46.6 Å². The molecule has 0 aromatic heterocycles. The molecule has 4 nitrogen and oxygen atoms in total. The van der Waals surface area contributed by atoms with Crippen molar-refractivity contribution in [1.82, 2.24) is 4.90 Å². The Hall–Kier alpha value is -2.33. The molecular weight excluding hydrogens is 346 g/mol. The largest absolute Gasteiger partial charge is 0.369 e. The second kappa shape index (κ2) is 8.78. The second-order valence-corrected chi connectivity index (χ2v) is 8.15. The SMILES string of the molecule is Cc1cccc(N2CCN([C@@H](C)C(=O)Nc3ccccc3C(C)C)CC2)c1C. The van der Waals surface area contributed by atoms with Crippen LogP contribution in [0.4, 0.5) is 11.4 Å². The van der Waals surface area contributed by atoms with Crippen molar-refractivity contribution in [1.29, 1.82) is 0 Å². The second-order valence-electron chi connectivity index (χ2n) is 8.15. The summed E-state index contributed by atoms with van der Waals surface area (Å²) in [6, 6.07) is 14.5. The summed E-state index contributed by atoms with van der Waals surface area (Å²) in [5, 5.41) is 3.15. The van der Waals surface area contributed by atoms with Gasteiger partial charge in [-0.25, -0.2) is 0 Å². The van der Waals surface area contributed by atoms with Gasteiger partial charge in [-0.05, 0) is 55.5 Å². The van der Waals surface area contributed by atoms with Crippen molar-refractivity contribution in [2.24, 2.45) is 0 Å². The Kier molecular flexibility index (Phi) is 6.40. The molecule has 1 fully saturated rings. The third-order valence-electron chi connectivity index (χ3n) is 6.00. The molecule has 4 heteroatoms. The van der Waals surface area contributed by atoms with Crippen molar-refractivity contribution in [3.63, 3.8) is 0 Å². The van der Waals surface area contributed by atoms with Gasteiger partial charge in [0.25, 0.3) is 0 Å². The van der Waals surface area contributed by atoms with Crippen LogP contribution in [0.25, 0.3) is 0 Å². The number of para-hydroxylation sites is 1. The number of benzene rings is 2. The fourth-order valence-corrected chi connectivity index (χ4v) is 3.95. The van der Waals surface area contributed by atoms with Gasteiger partial charge in [0, 0.05) is 37.6 Å². The number of nitrogens with one attached hydrogen (secondary N) is 1. The zero-order chi connectivity index (χ0) is 20.3. The van der Waals surface area contributed by atoms with E-state index >= 15 is 0 Å². The summed E-state index contributed by atoms with van der Waals surface area (Å²) in [6.45, 7) is 14.4. The van der Waals surface area contributed by atoms with Crippen LogP contribution in [0.2, 0.25) is 0 Å². The summed E-state index contributed by atoms with van der Waals surface area (Å²) in [4.78, 5) is 17.6. The molecule has 0 unspecified atom stereocenters. The van der Waals surface area contributed by atoms with E-state index in [1.807, 2.05) is 25.1 Å². The van der Waals surface area contributed by atoms with Gasteiger partial charge in [-0.2, -0.15) is 0 Å². The van der Waals surface area contributed by atoms with Crippen molar-refractivity contribution in [3.8, 4) is 0 Å². The van der Waals surface area contributed by atoms with Gasteiger partial charge in [0.15, 0.2) is 0 Å². The molecule has 2 aromatic carbocycles. The number of hydrogen-bond acceptors (Lipinski definition) is 3. The molecule has 1 heterocycles. The number of piperazine rings is 1. The normalized spacial score (nSPS) is 16.3. The monoisotopic (exact) mass is 379 g/mol. The Balaban J connectivity index is 1.61. The van der Waals surface area contributed by atoms with E-state index < -0.39 is 0 Å². The molecule has 1 N–H and O–H groups in total. The van der Waals surface area contributed by atoms with Gasteiger partial charge in [0.05, 0.1) is 6.04 Å². The van der Waals surface area contributed by atoms with Crippen molar-refractivity contribution >= 4 is 17.3 Å². The van der Waals surface area contributed by atoms with Gasteiger partial charge in [0.1, 0.15) is 0 Å². The predicted molar refractivity (Wildman–Crippen MR) is 118 cm³/mol. The first-order chi connectivity index (χ1) is 13.4. The molecule has 150 valence electrons. The molecule has 0 saturated carbocycles. The zero-order valence-corrected chi connectivity index (χ0v) is 17.8. The van der Waals surface area contributed by atoms with Crippen LogP contribution in [0.15, 0.2) is 42.5 Å². The average molecular weight is 380 g/mol. The number of carbonyl (C=O) groups is 1. The Bertz CT molecular complexity index is 822. The molecule has 3 rings (SSSR count). The van der Waals surface area contributed by atoms with E-state index in [2.05, 4.69) is 67.1 Å². The third kappa shape index (κ3) is 4.39. The summed E-state index contributed by atoms with van der Waals surface area (Å²) < 4.78 is 0. The van der Waals surface area contributed by atoms with Crippen LogP contribution in [-0.2, 0) is 4.79 Å². The molecule has 1 atom stereocenters. The van der Waals surface area contributed by atoms with Gasteiger partial charge < -0.3 is 10.2 Å². The van der Waals surface area contributed by atoms with Crippen LogP contribution in [0.3, 0.4) is 0 Å². The highest BCUT2D eigenvalue weighted by molar-refractivity contribution is 5.95. The van der Waals surface area contributed by atoms with Gasteiger partial charge >= 0.3 is 0 Å². The predicted octanol–water partition coefficient (Wildman–Crippen LogP) is 4.58. The van der Waals surface area contributed by atoms with E-state index in [0.29, 0.717) is 5.92 Å². The molecule has 2 aromatic rings. The molecule has 0 aliphatic carbocycles. The van der Waals surface area contributed by atoms with Gasteiger partial charge in [0.2, 0.25) is 5.91 Å². The lowest BCUT2D eigenvalue weighted by Crippen LogP contribution is -2.53.